The molecule has 3 rings (SSSR count). The van der Waals surface area contributed by atoms with Crippen LogP contribution in [0.15, 0.2) is 58.8 Å². The summed E-state index contributed by atoms with van der Waals surface area (Å²) in [6, 6.07) is 11.2. The number of amides is 1. The lowest BCUT2D eigenvalue weighted by molar-refractivity contribution is -0.387. The van der Waals surface area contributed by atoms with Gasteiger partial charge in [-0.1, -0.05) is 19.1 Å². The number of nitro benzene ring substituents is 1. The highest BCUT2D eigenvalue weighted by atomic mass is 32.2. The molecule has 0 spiro atoms. The zero-order valence-corrected chi connectivity index (χ0v) is 17.6. The fourth-order valence-electron chi connectivity index (χ4n) is 2.57. The first-order chi connectivity index (χ1) is 14.9. The number of hydrogen-bond donors (Lipinski definition) is 1. The van der Waals surface area contributed by atoms with Crippen LogP contribution in [0.2, 0.25) is 0 Å². The average Bonchev–Trinajstić information content (AvgIpc) is 3.17. The molecule has 0 unspecified atom stereocenters. The summed E-state index contributed by atoms with van der Waals surface area (Å²) in [7, 11) is 1.71. The smallest absolute Gasteiger partial charge is 0.338 e. The molecule has 0 fully saturated rings. The molecule has 0 aliphatic rings. The van der Waals surface area contributed by atoms with E-state index in [0.717, 1.165) is 29.8 Å². The Hall–Kier alpha value is -3.73. The fourth-order valence-corrected chi connectivity index (χ4v) is 3.42. The van der Waals surface area contributed by atoms with Crippen LogP contribution in [0, 0.1) is 10.1 Å². The normalized spacial score (nSPS) is 10.5. The number of nitrogens with zero attached hydrogens (tertiary/aromatic N) is 4. The summed E-state index contributed by atoms with van der Waals surface area (Å²) in [6.45, 7) is 1.51. The minimum atomic E-state index is -0.838. The van der Waals surface area contributed by atoms with Crippen molar-refractivity contribution in [2.45, 2.75) is 23.4 Å². The number of nitrogens with one attached hydrogen (secondary N) is 1. The summed E-state index contributed by atoms with van der Waals surface area (Å²) in [5.41, 5.74) is 1.41. The molecular formula is C20H19N5O5S. The number of carbonyl (C=O) groups is 2. The lowest BCUT2D eigenvalue weighted by atomic mass is 10.1. The van der Waals surface area contributed by atoms with E-state index in [9.17, 15) is 19.7 Å². The second-order valence-corrected chi connectivity index (χ2v) is 7.45. The summed E-state index contributed by atoms with van der Waals surface area (Å²) < 4.78 is 6.62. The van der Waals surface area contributed by atoms with E-state index in [0.29, 0.717) is 15.7 Å². The van der Waals surface area contributed by atoms with Gasteiger partial charge in [0.05, 0.1) is 15.4 Å². The van der Waals surface area contributed by atoms with E-state index in [-0.39, 0.29) is 11.3 Å². The van der Waals surface area contributed by atoms with Crippen molar-refractivity contribution in [3.8, 4) is 0 Å². The third kappa shape index (κ3) is 5.66. The van der Waals surface area contributed by atoms with Gasteiger partial charge in [0.2, 0.25) is 0 Å². The van der Waals surface area contributed by atoms with Crippen molar-refractivity contribution in [2.75, 3.05) is 11.9 Å². The van der Waals surface area contributed by atoms with Gasteiger partial charge in [-0.2, -0.15) is 0 Å². The van der Waals surface area contributed by atoms with Gasteiger partial charge in [0.15, 0.2) is 11.8 Å². The molecule has 1 aromatic heterocycles. The Morgan fingerprint density at radius 2 is 1.97 bits per heavy atom. The Bertz CT molecular complexity index is 1110. The summed E-state index contributed by atoms with van der Waals surface area (Å²) >= 11 is 1.05. The number of benzene rings is 2. The van der Waals surface area contributed by atoms with Crippen molar-refractivity contribution in [2.24, 2.45) is 7.05 Å². The third-order valence-electron chi connectivity index (χ3n) is 4.24. The first kappa shape index (κ1) is 22.0. The number of carbonyl (C=O) groups excluding carboxylic acids is 2. The van der Waals surface area contributed by atoms with Crippen LogP contribution in [0.4, 0.5) is 11.4 Å². The van der Waals surface area contributed by atoms with Gasteiger partial charge in [0.25, 0.3) is 11.6 Å². The molecule has 1 N–H and O–H groups in total. The van der Waals surface area contributed by atoms with Crippen molar-refractivity contribution >= 4 is 35.0 Å². The van der Waals surface area contributed by atoms with Crippen LogP contribution >= 0.6 is 11.8 Å². The van der Waals surface area contributed by atoms with Crippen molar-refractivity contribution in [1.29, 1.82) is 0 Å². The van der Waals surface area contributed by atoms with E-state index < -0.39 is 23.4 Å². The SMILES string of the molecule is CCc1ccc(NC(=O)COC(=O)c2ccc(Sc3nncn3C)c([N+](=O)[O-])c2)cc1. The van der Waals surface area contributed by atoms with Crippen LogP contribution in [-0.2, 0) is 23.0 Å². The first-order valence-corrected chi connectivity index (χ1v) is 10.0. The number of aromatic nitrogens is 3. The van der Waals surface area contributed by atoms with Gasteiger partial charge in [0.1, 0.15) is 6.33 Å². The van der Waals surface area contributed by atoms with Crippen molar-refractivity contribution < 1.29 is 19.2 Å². The van der Waals surface area contributed by atoms with Crippen molar-refractivity contribution in [3.05, 3.63) is 70.0 Å². The number of esters is 1. The van der Waals surface area contributed by atoms with E-state index in [1.807, 2.05) is 19.1 Å². The molecule has 3 aromatic rings. The van der Waals surface area contributed by atoms with Gasteiger partial charge in [-0.15, -0.1) is 10.2 Å². The number of hydrogen-bond acceptors (Lipinski definition) is 8. The van der Waals surface area contributed by atoms with E-state index in [2.05, 4.69) is 15.5 Å². The van der Waals surface area contributed by atoms with Gasteiger partial charge in [0, 0.05) is 18.8 Å². The molecule has 1 heterocycles. The van der Waals surface area contributed by atoms with E-state index in [4.69, 9.17) is 4.74 Å². The minimum absolute atomic E-state index is 0.0332. The van der Waals surface area contributed by atoms with Gasteiger partial charge < -0.3 is 14.6 Å². The molecule has 0 saturated carbocycles. The second-order valence-electron chi connectivity index (χ2n) is 6.44. The predicted molar refractivity (Wildman–Crippen MR) is 113 cm³/mol. The van der Waals surface area contributed by atoms with E-state index >= 15 is 0 Å². The first-order valence-electron chi connectivity index (χ1n) is 9.23. The lowest BCUT2D eigenvalue weighted by Crippen LogP contribution is -2.21. The highest BCUT2D eigenvalue weighted by molar-refractivity contribution is 7.99. The Morgan fingerprint density at radius 3 is 2.58 bits per heavy atom. The minimum Gasteiger partial charge on any atom is -0.452 e. The maximum atomic E-state index is 12.3. The highest BCUT2D eigenvalue weighted by Crippen LogP contribution is 2.34. The quantitative estimate of drug-likeness (QED) is 0.320. The van der Waals surface area contributed by atoms with Crippen LogP contribution in [0.3, 0.4) is 0 Å². The molecule has 2 aromatic carbocycles. The maximum absolute atomic E-state index is 12.3. The highest BCUT2D eigenvalue weighted by Gasteiger charge is 2.21. The molecule has 0 aliphatic carbocycles. The van der Waals surface area contributed by atoms with E-state index in [1.165, 1.54) is 18.5 Å². The van der Waals surface area contributed by atoms with Crippen LogP contribution in [-0.4, -0.2) is 38.2 Å². The lowest BCUT2D eigenvalue weighted by Gasteiger charge is -2.08. The van der Waals surface area contributed by atoms with Crippen LogP contribution in [0.25, 0.3) is 0 Å². The Kier molecular flexibility index (Phi) is 6.98. The summed E-state index contributed by atoms with van der Waals surface area (Å²) in [5.74, 6) is -1.35. The van der Waals surface area contributed by atoms with Gasteiger partial charge in [-0.25, -0.2) is 4.79 Å². The Balaban J connectivity index is 1.64. The molecule has 11 heteroatoms. The third-order valence-corrected chi connectivity index (χ3v) is 5.36. The molecule has 0 radical (unpaired) electrons. The molecule has 31 heavy (non-hydrogen) atoms. The average molecular weight is 441 g/mol. The molecule has 0 bridgehead atoms. The Morgan fingerprint density at radius 1 is 1.23 bits per heavy atom. The molecule has 0 atom stereocenters. The zero-order valence-electron chi connectivity index (χ0n) is 16.8. The van der Waals surface area contributed by atoms with E-state index in [1.54, 1.807) is 23.7 Å². The molecule has 160 valence electrons. The molecular weight excluding hydrogens is 422 g/mol. The molecule has 1 amide bonds. The maximum Gasteiger partial charge on any atom is 0.338 e. The van der Waals surface area contributed by atoms with Gasteiger partial charge in [-0.05, 0) is 48.0 Å². The monoisotopic (exact) mass is 441 g/mol. The number of rotatable bonds is 8. The molecule has 0 saturated heterocycles. The zero-order chi connectivity index (χ0) is 22.4. The van der Waals surface area contributed by atoms with Gasteiger partial charge >= 0.3 is 5.97 Å². The second kappa shape index (κ2) is 9.85. The summed E-state index contributed by atoms with van der Waals surface area (Å²) in [5, 5.41) is 22.2. The van der Waals surface area contributed by atoms with Crippen molar-refractivity contribution in [1.82, 2.24) is 14.8 Å². The largest absolute Gasteiger partial charge is 0.452 e. The number of aryl methyl sites for hydroxylation is 2. The topological polar surface area (TPSA) is 129 Å². The predicted octanol–water partition coefficient (Wildman–Crippen LogP) is 3.23. The number of nitro groups is 1. The summed E-state index contributed by atoms with van der Waals surface area (Å²) in [4.78, 5) is 35.5. The standard InChI is InChI=1S/C20H19N5O5S/c1-3-13-4-7-15(8-5-13)22-18(26)11-30-19(27)14-6-9-17(16(10-14)25(28)29)31-20-23-21-12-24(20)2/h4-10,12H,3,11H2,1-2H3,(H,22,26). The van der Waals surface area contributed by atoms with Gasteiger partial charge in [-0.3, -0.25) is 14.9 Å². The summed E-state index contributed by atoms with van der Waals surface area (Å²) in [6.07, 6.45) is 2.36. The van der Waals surface area contributed by atoms with Crippen LogP contribution in [0.5, 0.6) is 0 Å². The number of anilines is 1. The van der Waals surface area contributed by atoms with Crippen LogP contribution in [0.1, 0.15) is 22.8 Å². The molecule has 0 aliphatic heterocycles. The Labute approximate surface area is 181 Å². The number of ether oxygens (including phenoxy) is 1. The van der Waals surface area contributed by atoms with Crippen molar-refractivity contribution in [3.63, 3.8) is 0 Å². The molecule has 10 nitrogen and oxygen atoms in total. The fraction of sp³-hybridized carbons (Fsp3) is 0.200. The van der Waals surface area contributed by atoms with Crippen LogP contribution < -0.4 is 5.32 Å².